The van der Waals surface area contributed by atoms with Crippen LogP contribution in [-0.4, -0.2) is 22.2 Å². The lowest BCUT2D eigenvalue weighted by Gasteiger charge is -2.25. The normalized spacial score (nSPS) is 11.4. The SMILES string of the molecule is O=C(O)c1ccc(CCCc2c(CCNSCc3c(Br)cccc3Br)n(C(c3ccccc3)c3ccccc3)c3ccc(Cl)cc23)cc1. The van der Waals surface area contributed by atoms with Crippen LogP contribution in [0.2, 0.25) is 5.02 Å². The van der Waals surface area contributed by atoms with E-state index >= 15 is 0 Å². The first-order valence-electron chi connectivity index (χ1n) is 15.9. The highest BCUT2D eigenvalue weighted by Gasteiger charge is 2.25. The van der Waals surface area contributed by atoms with Gasteiger partial charge in [0, 0.05) is 49.3 Å². The van der Waals surface area contributed by atoms with E-state index < -0.39 is 5.97 Å². The highest BCUT2D eigenvalue weighted by molar-refractivity contribution is 9.11. The van der Waals surface area contributed by atoms with Crippen LogP contribution in [0.1, 0.15) is 56.3 Å². The number of hydrogen-bond acceptors (Lipinski definition) is 3. The van der Waals surface area contributed by atoms with Gasteiger partial charge in [-0.05, 0) is 89.5 Å². The lowest BCUT2D eigenvalue weighted by Crippen LogP contribution is -2.19. The van der Waals surface area contributed by atoms with E-state index in [0.717, 1.165) is 63.0 Å². The quantitative estimate of drug-likeness (QED) is 0.0851. The number of halogens is 3. The van der Waals surface area contributed by atoms with Crippen LogP contribution in [0.5, 0.6) is 0 Å². The first-order valence-corrected chi connectivity index (χ1v) is 18.9. The number of aromatic nitrogens is 1. The van der Waals surface area contributed by atoms with Crippen molar-refractivity contribution in [1.29, 1.82) is 0 Å². The molecule has 0 unspecified atom stereocenters. The van der Waals surface area contributed by atoms with Crippen molar-refractivity contribution in [3.8, 4) is 0 Å². The molecule has 0 atom stereocenters. The third-order valence-electron chi connectivity index (χ3n) is 8.61. The van der Waals surface area contributed by atoms with Gasteiger partial charge in [0.2, 0.25) is 0 Å². The number of aromatic carboxylic acids is 1. The first kappa shape index (κ1) is 34.5. The molecule has 0 radical (unpaired) electrons. The molecule has 1 heterocycles. The number of nitrogens with zero attached hydrogens (tertiary/aromatic N) is 1. The second kappa shape index (κ2) is 16.4. The fourth-order valence-electron chi connectivity index (χ4n) is 6.33. The Labute approximate surface area is 307 Å². The molecule has 1 aromatic heterocycles. The zero-order chi connectivity index (χ0) is 33.5. The average molecular weight is 803 g/mol. The average Bonchev–Trinajstić information content (AvgIpc) is 3.38. The first-order chi connectivity index (χ1) is 23.4. The summed E-state index contributed by atoms with van der Waals surface area (Å²) >= 11 is 15.8. The largest absolute Gasteiger partial charge is 0.478 e. The molecule has 244 valence electrons. The molecular weight excluding hydrogens is 768 g/mol. The van der Waals surface area contributed by atoms with Crippen LogP contribution in [0.25, 0.3) is 10.9 Å². The maximum atomic E-state index is 11.4. The molecule has 0 aliphatic rings. The van der Waals surface area contributed by atoms with Crippen molar-refractivity contribution in [2.45, 2.75) is 37.5 Å². The summed E-state index contributed by atoms with van der Waals surface area (Å²) < 4.78 is 8.37. The second-order valence-electron chi connectivity index (χ2n) is 11.7. The number of benzene rings is 5. The van der Waals surface area contributed by atoms with Crippen molar-refractivity contribution >= 4 is 72.3 Å². The van der Waals surface area contributed by atoms with Crippen LogP contribution in [0, 0.1) is 0 Å². The van der Waals surface area contributed by atoms with Crippen molar-refractivity contribution in [1.82, 2.24) is 9.29 Å². The van der Waals surface area contributed by atoms with E-state index in [-0.39, 0.29) is 6.04 Å². The summed E-state index contributed by atoms with van der Waals surface area (Å²) in [4.78, 5) is 11.4. The van der Waals surface area contributed by atoms with Crippen LogP contribution in [0.3, 0.4) is 0 Å². The molecule has 48 heavy (non-hydrogen) atoms. The smallest absolute Gasteiger partial charge is 0.335 e. The molecule has 0 aliphatic heterocycles. The third kappa shape index (κ3) is 8.10. The Morgan fingerprint density at radius 1 is 0.771 bits per heavy atom. The number of rotatable bonds is 14. The third-order valence-corrected chi connectivity index (χ3v) is 11.2. The van der Waals surface area contributed by atoms with Gasteiger partial charge in [-0.1, -0.05) is 134 Å². The predicted molar refractivity (Wildman–Crippen MR) is 207 cm³/mol. The highest BCUT2D eigenvalue weighted by Crippen LogP contribution is 2.38. The van der Waals surface area contributed by atoms with E-state index in [9.17, 15) is 9.90 Å². The van der Waals surface area contributed by atoms with E-state index in [0.29, 0.717) is 5.56 Å². The summed E-state index contributed by atoms with van der Waals surface area (Å²) in [7, 11) is 0. The lowest BCUT2D eigenvalue weighted by molar-refractivity contribution is 0.0697. The summed E-state index contributed by atoms with van der Waals surface area (Å²) in [6.45, 7) is 0.788. The zero-order valence-electron chi connectivity index (χ0n) is 26.2. The number of fused-ring (bicyclic) bond motifs is 1. The molecule has 2 N–H and O–H groups in total. The fourth-order valence-corrected chi connectivity index (χ4v) is 8.96. The molecular formula is C40H35Br2ClN2O2S. The Morgan fingerprint density at radius 3 is 2.04 bits per heavy atom. The van der Waals surface area contributed by atoms with Gasteiger partial charge in [-0.15, -0.1) is 0 Å². The highest BCUT2D eigenvalue weighted by atomic mass is 79.9. The van der Waals surface area contributed by atoms with E-state index in [1.807, 2.05) is 24.3 Å². The topological polar surface area (TPSA) is 54.3 Å². The van der Waals surface area contributed by atoms with Gasteiger partial charge in [0.25, 0.3) is 0 Å². The number of hydrogen-bond donors (Lipinski definition) is 2. The monoisotopic (exact) mass is 800 g/mol. The van der Waals surface area contributed by atoms with E-state index in [1.165, 1.54) is 33.3 Å². The van der Waals surface area contributed by atoms with Crippen molar-refractivity contribution in [2.75, 3.05) is 6.54 Å². The number of carboxylic acids is 1. The maximum absolute atomic E-state index is 11.4. The summed E-state index contributed by atoms with van der Waals surface area (Å²) in [5, 5.41) is 11.2. The van der Waals surface area contributed by atoms with Gasteiger partial charge < -0.3 is 9.67 Å². The maximum Gasteiger partial charge on any atom is 0.335 e. The summed E-state index contributed by atoms with van der Waals surface area (Å²) in [5.74, 6) is -0.0804. The number of aryl methyl sites for hydroxylation is 2. The Hall–Kier alpha value is -3.33. The molecule has 0 aliphatic carbocycles. The molecule has 5 aromatic carbocycles. The van der Waals surface area contributed by atoms with Crippen molar-refractivity contribution < 1.29 is 9.90 Å². The zero-order valence-corrected chi connectivity index (χ0v) is 31.0. The van der Waals surface area contributed by atoms with Crippen LogP contribution in [0.4, 0.5) is 0 Å². The minimum Gasteiger partial charge on any atom is -0.478 e. The van der Waals surface area contributed by atoms with E-state index in [4.69, 9.17) is 11.6 Å². The van der Waals surface area contributed by atoms with Crippen LogP contribution in [-0.2, 0) is 25.0 Å². The predicted octanol–water partition coefficient (Wildman–Crippen LogP) is 11.3. The van der Waals surface area contributed by atoms with Crippen LogP contribution < -0.4 is 4.72 Å². The minimum absolute atomic E-state index is 0.0210. The Balaban J connectivity index is 1.36. The van der Waals surface area contributed by atoms with Crippen LogP contribution in [0.15, 0.2) is 130 Å². The Kier molecular flexibility index (Phi) is 11.8. The minimum atomic E-state index is -0.905. The Morgan fingerprint density at radius 2 is 1.42 bits per heavy atom. The number of nitrogens with one attached hydrogen (secondary N) is 1. The van der Waals surface area contributed by atoms with Gasteiger partial charge in [-0.25, -0.2) is 4.79 Å². The molecule has 6 rings (SSSR count). The molecule has 0 saturated heterocycles. The van der Waals surface area contributed by atoms with Gasteiger partial charge in [0.1, 0.15) is 0 Å². The molecule has 0 bridgehead atoms. The van der Waals surface area contributed by atoms with Gasteiger partial charge >= 0.3 is 5.97 Å². The molecule has 0 spiro atoms. The standard InChI is InChI=1S/C40H35Br2ClN2O2S/c41-35-15-8-16-36(42)34(35)26-48-44-24-23-38-32(14-7-9-27-17-19-30(20-18-27)40(46)47)33-25-31(43)21-22-37(33)45(38)39(28-10-3-1-4-11-28)29-12-5-2-6-13-29/h1-6,8,10-13,15-22,25,39,44H,7,9,14,23-24,26H2,(H,46,47). The van der Waals surface area contributed by atoms with Gasteiger partial charge in [-0.2, -0.15) is 0 Å². The molecule has 8 heteroatoms. The van der Waals surface area contributed by atoms with E-state index in [2.05, 4.69) is 126 Å². The molecule has 4 nitrogen and oxygen atoms in total. The van der Waals surface area contributed by atoms with Crippen molar-refractivity contribution in [3.63, 3.8) is 0 Å². The summed E-state index contributed by atoms with van der Waals surface area (Å²) in [6.07, 6.45) is 3.47. The number of carboxylic acid groups (broad SMARTS) is 1. The summed E-state index contributed by atoms with van der Waals surface area (Å²) in [6, 6.07) is 41.1. The van der Waals surface area contributed by atoms with E-state index in [1.54, 1.807) is 24.1 Å². The molecule has 6 aromatic rings. The fraction of sp³-hybridized carbons (Fsp3) is 0.175. The van der Waals surface area contributed by atoms with Gasteiger partial charge in [0.15, 0.2) is 0 Å². The summed E-state index contributed by atoms with van der Waals surface area (Å²) in [5.41, 5.74) is 8.89. The van der Waals surface area contributed by atoms with Crippen molar-refractivity contribution in [3.05, 3.63) is 174 Å². The van der Waals surface area contributed by atoms with Crippen LogP contribution >= 0.6 is 55.4 Å². The van der Waals surface area contributed by atoms with Crippen molar-refractivity contribution in [2.24, 2.45) is 0 Å². The van der Waals surface area contributed by atoms with Gasteiger partial charge in [-0.3, -0.25) is 4.72 Å². The lowest BCUT2D eigenvalue weighted by atomic mass is 9.97. The molecule has 0 saturated carbocycles. The van der Waals surface area contributed by atoms with Gasteiger partial charge in [0.05, 0.1) is 11.6 Å². The number of carbonyl (C=O) groups is 1. The molecule has 0 amide bonds. The molecule has 0 fully saturated rings. The Bertz CT molecular complexity index is 1940. The second-order valence-corrected chi connectivity index (χ2v) is 14.7.